The van der Waals surface area contributed by atoms with Crippen LogP contribution in [0, 0.1) is 0 Å². The van der Waals surface area contributed by atoms with Crippen LogP contribution in [0.15, 0.2) is 29.4 Å². The lowest BCUT2D eigenvalue weighted by molar-refractivity contribution is -0.0502. The fraction of sp³-hybridized carbons (Fsp3) is 0.273. The van der Waals surface area contributed by atoms with Crippen molar-refractivity contribution in [2.45, 2.75) is 6.61 Å². The Bertz CT molecular complexity index is 480. The number of amidine groups is 1. The molecule has 3 N–H and O–H groups in total. The van der Waals surface area contributed by atoms with Gasteiger partial charge in [-0.3, -0.25) is 4.79 Å². The maximum Gasteiger partial charge on any atom is 0.387 e. The largest absolute Gasteiger partial charge is 0.434 e. The van der Waals surface area contributed by atoms with E-state index < -0.39 is 12.5 Å². The molecule has 0 aromatic heterocycles. The summed E-state index contributed by atoms with van der Waals surface area (Å²) in [4.78, 5) is 13.1. The first-order valence-corrected chi connectivity index (χ1v) is 5.21. The highest BCUT2D eigenvalue weighted by atomic mass is 19.3. The number of alkyl halides is 2. The van der Waals surface area contributed by atoms with Crippen LogP contribution in [0.1, 0.15) is 10.4 Å². The molecular weight excluding hydrogens is 260 g/mol. The molecule has 6 nitrogen and oxygen atoms in total. The minimum atomic E-state index is -3.02. The fourth-order valence-electron chi connectivity index (χ4n) is 1.39. The molecule has 19 heavy (non-hydrogen) atoms. The van der Waals surface area contributed by atoms with Crippen LogP contribution in [0.25, 0.3) is 0 Å². The topological polar surface area (TPSA) is 88.1 Å². The van der Waals surface area contributed by atoms with Crippen molar-refractivity contribution >= 4 is 11.7 Å². The van der Waals surface area contributed by atoms with E-state index in [4.69, 9.17) is 10.9 Å². The van der Waals surface area contributed by atoms with E-state index in [2.05, 4.69) is 9.89 Å². The van der Waals surface area contributed by atoms with Crippen LogP contribution in [0.4, 0.5) is 8.78 Å². The van der Waals surface area contributed by atoms with Crippen LogP contribution >= 0.6 is 0 Å². The lowest BCUT2D eigenvalue weighted by Crippen LogP contribution is -2.35. The molecule has 0 saturated carbocycles. The second-order valence-electron chi connectivity index (χ2n) is 3.63. The van der Waals surface area contributed by atoms with E-state index in [1.165, 1.54) is 31.3 Å². The Morgan fingerprint density at radius 3 is 2.74 bits per heavy atom. The molecule has 0 unspecified atom stereocenters. The molecule has 0 radical (unpaired) electrons. The van der Waals surface area contributed by atoms with E-state index in [0.717, 1.165) is 4.90 Å². The first-order chi connectivity index (χ1) is 8.95. The number of rotatable bonds is 5. The Balaban J connectivity index is 2.92. The molecule has 0 aliphatic heterocycles. The maximum absolute atomic E-state index is 12.2. The maximum atomic E-state index is 12.2. The van der Waals surface area contributed by atoms with Crippen molar-refractivity contribution in [1.82, 2.24) is 4.90 Å². The number of ether oxygens (including phenoxy) is 1. The standard InChI is InChI=1S/C11H13F2N3O3/c1-16(6-9(14)15-18)10(17)7-4-2-3-5-8(7)19-11(12)13/h2-5,11,18H,6H2,1H3,(H2,14,15). The monoisotopic (exact) mass is 273 g/mol. The number of nitrogens with zero attached hydrogens (tertiary/aromatic N) is 2. The summed E-state index contributed by atoms with van der Waals surface area (Å²) in [5, 5.41) is 11.1. The summed E-state index contributed by atoms with van der Waals surface area (Å²) < 4.78 is 28.7. The van der Waals surface area contributed by atoms with Crippen LogP contribution in [0.2, 0.25) is 0 Å². The smallest absolute Gasteiger partial charge is 0.387 e. The quantitative estimate of drug-likeness (QED) is 0.364. The number of hydrogen-bond donors (Lipinski definition) is 2. The van der Waals surface area contributed by atoms with Gasteiger partial charge in [-0.1, -0.05) is 17.3 Å². The number of carbonyl (C=O) groups is 1. The predicted octanol–water partition coefficient (Wildman–Crippen LogP) is 1.11. The van der Waals surface area contributed by atoms with Gasteiger partial charge in [0.2, 0.25) is 0 Å². The number of oxime groups is 1. The summed E-state index contributed by atoms with van der Waals surface area (Å²) >= 11 is 0. The van der Waals surface area contributed by atoms with Crippen LogP contribution in [0.5, 0.6) is 5.75 Å². The molecule has 0 fully saturated rings. The van der Waals surface area contributed by atoms with Crippen LogP contribution in [0.3, 0.4) is 0 Å². The molecule has 0 atom stereocenters. The third-order valence-electron chi connectivity index (χ3n) is 2.21. The minimum absolute atomic E-state index is 0.0314. The van der Waals surface area contributed by atoms with Gasteiger partial charge in [-0.25, -0.2) is 0 Å². The van der Waals surface area contributed by atoms with Crippen molar-refractivity contribution in [2.24, 2.45) is 10.9 Å². The van der Waals surface area contributed by atoms with Gasteiger partial charge in [0.05, 0.1) is 12.1 Å². The second-order valence-corrected chi connectivity index (χ2v) is 3.63. The SMILES string of the molecule is CN(CC(N)=NO)C(=O)c1ccccc1OC(F)F. The number of amides is 1. The van der Waals surface area contributed by atoms with Gasteiger partial charge in [0.15, 0.2) is 5.84 Å². The Morgan fingerprint density at radius 2 is 2.16 bits per heavy atom. The van der Waals surface area contributed by atoms with Crippen molar-refractivity contribution < 1.29 is 23.5 Å². The number of benzene rings is 1. The van der Waals surface area contributed by atoms with Crippen LogP contribution in [-0.2, 0) is 0 Å². The first kappa shape index (κ1) is 14.7. The highest BCUT2D eigenvalue weighted by Gasteiger charge is 2.19. The van der Waals surface area contributed by atoms with Crippen LogP contribution in [-0.4, -0.2) is 42.1 Å². The van der Waals surface area contributed by atoms with Crippen molar-refractivity contribution in [3.63, 3.8) is 0 Å². The van der Waals surface area contributed by atoms with Gasteiger partial charge in [-0.15, -0.1) is 0 Å². The highest BCUT2D eigenvalue weighted by molar-refractivity contribution is 5.99. The Labute approximate surface area is 108 Å². The summed E-state index contributed by atoms with van der Waals surface area (Å²) in [6.07, 6.45) is 0. The van der Waals surface area contributed by atoms with Gasteiger partial charge in [-0.2, -0.15) is 8.78 Å². The molecule has 0 bridgehead atoms. The van der Waals surface area contributed by atoms with E-state index in [9.17, 15) is 13.6 Å². The number of carbonyl (C=O) groups excluding carboxylic acids is 1. The molecule has 1 aromatic carbocycles. The normalized spacial score (nSPS) is 11.5. The summed E-state index contributed by atoms with van der Waals surface area (Å²) in [6.45, 7) is -3.17. The number of para-hydroxylation sites is 1. The van der Waals surface area contributed by atoms with E-state index in [1.54, 1.807) is 0 Å². The fourth-order valence-corrected chi connectivity index (χ4v) is 1.39. The molecule has 0 heterocycles. The number of halogens is 2. The lowest BCUT2D eigenvalue weighted by atomic mass is 10.2. The molecule has 0 aliphatic carbocycles. The van der Waals surface area contributed by atoms with Gasteiger partial charge in [-0.05, 0) is 12.1 Å². The van der Waals surface area contributed by atoms with Crippen molar-refractivity contribution in [3.8, 4) is 5.75 Å². The molecular formula is C11H13F2N3O3. The average molecular weight is 273 g/mol. The van der Waals surface area contributed by atoms with Crippen molar-refractivity contribution in [3.05, 3.63) is 29.8 Å². The molecule has 104 valence electrons. The average Bonchev–Trinajstić information content (AvgIpc) is 2.37. The Morgan fingerprint density at radius 1 is 1.53 bits per heavy atom. The Kier molecular flexibility index (Phi) is 5.04. The Hall–Kier alpha value is -2.38. The van der Waals surface area contributed by atoms with Crippen molar-refractivity contribution in [2.75, 3.05) is 13.6 Å². The minimum Gasteiger partial charge on any atom is -0.434 e. The van der Waals surface area contributed by atoms with E-state index >= 15 is 0 Å². The zero-order valence-corrected chi connectivity index (χ0v) is 10.1. The first-order valence-electron chi connectivity index (χ1n) is 5.21. The molecule has 1 rings (SSSR count). The molecule has 1 aromatic rings. The highest BCUT2D eigenvalue weighted by Crippen LogP contribution is 2.21. The number of likely N-dealkylation sites (N-methyl/N-ethyl adjacent to an activating group) is 1. The summed E-state index contributed by atoms with van der Waals surface area (Å²) in [5.41, 5.74) is 5.23. The third kappa shape index (κ3) is 4.09. The molecule has 0 saturated heterocycles. The third-order valence-corrected chi connectivity index (χ3v) is 2.21. The number of hydrogen-bond acceptors (Lipinski definition) is 4. The lowest BCUT2D eigenvalue weighted by Gasteiger charge is -2.18. The summed E-state index contributed by atoms with van der Waals surface area (Å²) in [6, 6.07) is 5.60. The van der Waals surface area contributed by atoms with Gasteiger partial charge in [0, 0.05) is 7.05 Å². The molecule has 0 spiro atoms. The van der Waals surface area contributed by atoms with Gasteiger partial charge < -0.3 is 20.6 Å². The molecule has 0 aliphatic rings. The zero-order chi connectivity index (χ0) is 14.4. The number of nitrogens with two attached hydrogens (primary N) is 1. The predicted molar refractivity (Wildman–Crippen MR) is 63.4 cm³/mol. The van der Waals surface area contributed by atoms with Gasteiger partial charge in [0.1, 0.15) is 5.75 Å². The van der Waals surface area contributed by atoms with Gasteiger partial charge in [0.25, 0.3) is 5.91 Å². The molecule has 8 heteroatoms. The summed E-state index contributed by atoms with van der Waals surface area (Å²) in [7, 11) is 1.39. The van der Waals surface area contributed by atoms with Crippen molar-refractivity contribution in [1.29, 1.82) is 0 Å². The second kappa shape index (κ2) is 6.53. The molecule has 1 amide bonds. The van der Waals surface area contributed by atoms with Gasteiger partial charge >= 0.3 is 6.61 Å². The van der Waals surface area contributed by atoms with Crippen LogP contribution < -0.4 is 10.5 Å². The summed E-state index contributed by atoms with van der Waals surface area (Å²) in [5.74, 6) is -0.986. The zero-order valence-electron chi connectivity index (χ0n) is 10.1. The van der Waals surface area contributed by atoms with E-state index in [-0.39, 0.29) is 23.7 Å². The van der Waals surface area contributed by atoms with E-state index in [1.807, 2.05) is 0 Å². The van der Waals surface area contributed by atoms with E-state index in [0.29, 0.717) is 0 Å².